The van der Waals surface area contributed by atoms with E-state index in [4.69, 9.17) is 11.6 Å². The van der Waals surface area contributed by atoms with Gasteiger partial charge in [-0.3, -0.25) is 4.90 Å². The second-order valence-corrected chi connectivity index (χ2v) is 7.80. The molecule has 0 spiro atoms. The van der Waals surface area contributed by atoms with Gasteiger partial charge in [-0.1, -0.05) is 37.1 Å². The second-order valence-electron chi connectivity index (χ2n) is 6.51. The van der Waals surface area contributed by atoms with E-state index in [1.807, 2.05) is 29.6 Å². The molecule has 1 aromatic heterocycles. The molecule has 2 heterocycles. The minimum atomic E-state index is 0.116. The first-order chi connectivity index (χ1) is 12.6. The molecule has 1 saturated heterocycles. The number of rotatable bonds is 5. The first-order valence-electron chi connectivity index (χ1n) is 8.90. The molecular weight excluding hydrogens is 366 g/mol. The lowest BCUT2D eigenvalue weighted by Gasteiger charge is -2.34. The lowest BCUT2D eigenvalue weighted by Crippen LogP contribution is -2.40. The number of nitrogens with zero attached hydrogens (tertiary/aromatic N) is 3. The average Bonchev–Trinajstić information content (AvgIpc) is 3.13. The molecule has 1 aliphatic heterocycles. The number of thiazole rings is 1. The van der Waals surface area contributed by atoms with Gasteiger partial charge in [-0.2, -0.15) is 5.26 Å². The van der Waals surface area contributed by atoms with Crippen molar-refractivity contribution in [3.8, 4) is 17.3 Å². The number of likely N-dealkylation sites (tertiary alicyclic amines) is 1. The average molecular weight is 388 g/mol. The molecule has 1 fully saturated rings. The summed E-state index contributed by atoms with van der Waals surface area (Å²) < 4.78 is 0. The van der Waals surface area contributed by atoms with E-state index in [1.54, 1.807) is 0 Å². The van der Waals surface area contributed by atoms with Gasteiger partial charge in [0.1, 0.15) is 22.4 Å². The Morgan fingerprint density at radius 2 is 2.15 bits per heavy atom. The van der Waals surface area contributed by atoms with Gasteiger partial charge in [0.25, 0.3) is 0 Å². The predicted octanol–water partition coefficient (Wildman–Crippen LogP) is 5.52. The van der Waals surface area contributed by atoms with Crippen LogP contribution in [-0.4, -0.2) is 34.1 Å². The number of aliphatic hydroxyl groups is 1. The van der Waals surface area contributed by atoms with Crippen molar-refractivity contribution in [3.05, 3.63) is 45.4 Å². The molecule has 26 heavy (non-hydrogen) atoms. The fourth-order valence-electron chi connectivity index (χ4n) is 3.38. The highest BCUT2D eigenvalue weighted by molar-refractivity contribution is 7.11. The molecular formula is C20H22ClN3OS. The van der Waals surface area contributed by atoms with Crippen molar-refractivity contribution >= 4 is 28.5 Å². The van der Waals surface area contributed by atoms with Crippen molar-refractivity contribution in [2.45, 2.75) is 38.6 Å². The summed E-state index contributed by atoms with van der Waals surface area (Å²) in [5, 5.41) is 23.3. The maximum atomic E-state index is 10.6. The number of benzene rings is 1. The van der Waals surface area contributed by atoms with Crippen LogP contribution < -0.4 is 0 Å². The Morgan fingerprint density at radius 3 is 2.85 bits per heavy atom. The molecule has 1 N–H and O–H groups in total. The Bertz CT molecular complexity index is 822. The fraction of sp³-hybridized carbons (Fsp3) is 0.400. The van der Waals surface area contributed by atoms with Crippen molar-refractivity contribution in [3.63, 3.8) is 0 Å². The summed E-state index contributed by atoms with van der Waals surface area (Å²) in [5.41, 5.74) is 2.00. The van der Waals surface area contributed by atoms with Crippen molar-refractivity contribution in [1.82, 2.24) is 9.88 Å². The molecule has 2 aromatic rings. The monoisotopic (exact) mass is 387 g/mol. The zero-order valence-corrected chi connectivity index (χ0v) is 16.4. The summed E-state index contributed by atoms with van der Waals surface area (Å²) in [4.78, 5) is 6.83. The highest BCUT2D eigenvalue weighted by Gasteiger charge is 2.23. The largest absolute Gasteiger partial charge is 0.509 e. The van der Waals surface area contributed by atoms with Crippen LogP contribution in [0, 0.1) is 11.3 Å². The maximum absolute atomic E-state index is 10.6. The molecule has 0 radical (unpaired) electrons. The van der Waals surface area contributed by atoms with E-state index in [0.717, 1.165) is 37.1 Å². The van der Waals surface area contributed by atoms with Crippen LogP contribution in [0.15, 0.2) is 35.4 Å². The van der Waals surface area contributed by atoms with Gasteiger partial charge in [-0.25, -0.2) is 4.98 Å². The van der Waals surface area contributed by atoms with Gasteiger partial charge in [0.2, 0.25) is 0 Å². The third-order valence-electron chi connectivity index (χ3n) is 4.83. The quantitative estimate of drug-likeness (QED) is 0.542. The molecule has 0 saturated carbocycles. The molecule has 0 aliphatic carbocycles. The molecule has 136 valence electrons. The number of allylic oxidation sites excluding steroid dienone is 1. The predicted molar refractivity (Wildman–Crippen MR) is 107 cm³/mol. The van der Waals surface area contributed by atoms with E-state index in [-0.39, 0.29) is 11.3 Å². The van der Waals surface area contributed by atoms with Crippen LogP contribution in [-0.2, 0) is 0 Å². The number of aliphatic hydroxyl groups excluding tert-OH is 1. The van der Waals surface area contributed by atoms with Crippen LogP contribution in [0.25, 0.3) is 16.8 Å². The number of aromatic nitrogens is 1. The molecule has 1 aliphatic rings. The van der Waals surface area contributed by atoms with Gasteiger partial charge in [-0.15, -0.1) is 11.3 Å². The van der Waals surface area contributed by atoms with Crippen molar-refractivity contribution in [2.24, 2.45) is 0 Å². The number of piperidine rings is 1. The van der Waals surface area contributed by atoms with Gasteiger partial charge in [-0.05, 0) is 37.9 Å². The minimum absolute atomic E-state index is 0.116. The summed E-state index contributed by atoms with van der Waals surface area (Å²) in [5.74, 6) is 0.116. The topological polar surface area (TPSA) is 60.1 Å². The van der Waals surface area contributed by atoms with E-state index in [0.29, 0.717) is 22.6 Å². The Hall–Kier alpha value is -1.87. The number of hydrogen-bond acceptors (Lipinski definition) is 5. The summed E-state index contributed by atoms with van der Waals surface area (Å²) in [6, 6.07) is 10.1. The van der Waals surface area contributed by atoms with E-state index in [1.165, 1.54) is 17.8 Å². The van der Waals surface area contributed by atoms with Crippen LogP contribution in [0.4, 0.5) is 0 Å². The Kier molecular flexibility index (Phi) is 6.31. The van der Waals surface area contributed by atoms with Gasteiger partial charge < -0.3 is 5.11 Å². The van der Waals surface area contributed by atoms with Crippen LogP contribution in [0.2, 0.25) is 5.02 Å². The van der Waals surface area contributed by atoms with Gasteiger partial charge in [0, 0.05) is 22.0 Å². The first-order valence-corrected chi connectivity index (χ1v) is 10.2. The Balaban J connectivity index is 1.82. The second kappa shape index (κ2) is 8.68. The zero-order valence-electron chi connectivity index (χ0n) is 14.8. The van der Waals surface area contributed by atoms with Gasteiger partial charge >= 0.3 is 0 Å². The zero-order chi connectivity index (χ0) is 18.5. The molecule has 3 rings (SSSR count). The van der Waals surface area contributed by atoms with Crippen LogP contribution in [0.1, 0.15) is 37.6 Å². The van der Waals surface area contributed by atoms with Crippen LogP contribution in [0.3, 0.4) is 0 Å². The maximum Gasteiger partial charge on any atom is 0.138 e. The van der Waals surface area contributed by atoms with Gasteiger partial charge in [0.15, 0.2) is 0 Å². The van der Waals surface area contributed by atoms with Crippen molar-refractivity contribution in [1.29, 1.82) is 5.26 Å². The van der Waals surface area contributed by atoms with Crippen LogP contribution in [0.5, 0.6) is 0 Å². The van der Waals surface area contributed by atoms with E-state index in [2.05, 4.69) is 22.9 Å². The summed E-state index contributed by atoms with van der Waals surface area (Å²) >= 11 is 7.30. The van der Waals surface area contributed by atoms with E-state index >= 15 is 0 Å². The number of halogens is 1. The highest BCUT2D eigenvalue weighted by Crippen LogP contribution is 2.29. The molecule has 0 unspecified atom stereocenters. The summed E-state index contributed by atoms with van der Waals surface area (Å²) in [7, 11) is 0. The Morgan fingerprint density at radius 1 is 1.38 bits per heavy atom. The molecule has 1 atom stereocenters. The van der Waals surface area contributed by atoms with Gasteiger partial charge in [0.05, 0.1) is 12.2 Å². The molecule has 0 amide bonds. The first kappa shape index (κ1) is 18.9. The smallest absolute Gasteiger partial charge is 0.138 e. The lowest BCUT2D eigenvalue weighted by molar-refractivity contribution is 0.140. The lowest BCUT2D eigenvalue weighted by atomic mass is 10.00. The Labute approximate surface area is 163 Å². The molecule has 1 aromatic carbocycles. The van der Waals surface area contributed by atoms with E-state index in [9.17, 15) is 10.4 Å². The minimum Gasteiger partial charge on any atom is -0.509 e. The van der Waals surface area contributed by atoms with Crippen molar-refractivity contribution < 1.29 is 5.11 Å². The third-order valence-corrected chi connectivity index (χ3v) is 5.94. The normalized spacial score (nSPS) is 19.0. The molecule has 6 heteroatoms. The summed E-state index contributed by atoms with van der Waals surface area (Å²) in [6.45, 7) is 3.56. The number of nitriles is 1. The third kappa shape index (κ3) is 4.27. The summed E-state index contributed by atoms with van der Waals surface area (Å²) in [6.07, 6.45) is 4.60. The number of hydrogen-bond donors (Lipinski definition) is 1. The van der Waals surface area contributed by atoms with Crippen LogP contribution >= 0.6 is 22.9 Å². The standard InChI is InChI=1S/C20H22ClN3OS/c1-2-16-5-3-4-10-24(16)12-19(25)17(11-22)20-23-18(13-26-20)14-6-8-15(21)9-7-14/h6-9,13,16,25H,2-5,10,12H2,1H3/t16-/m1/s1. The van der Waals surface area contributed by atoms with Crippen molar-refractivity contribution in [2.75, 3.05) is 13.1 Å². The molecule has 4 nitrogen and oxygen atoms in total. The van der Waals surface area contributed by atoms with E-state index < -0.39 is 0 Å². The SMILES string of the molecule is CC[C@@H]1CCCCN1CC(O)=C(C#N)c1nc(-c2ccc(Cl)cc2)cs1. The highest BCUT2D eigenvalue weighted by atomic mass is 35.5. The fourth-order valence-corrected chi connectivity index (χ4v) is 4.35. The molecule has 0 bridgehead atoms.